The van der Waals surface area contributed by atoms with E-state index in [-0.39, 0.29) is 12.5 Å². The summed E-state index contributed by atoms with van der Waals surface area (Å²) in [5, 5.41) is 0. The number of hydrogen-bond acceptors (Lipinski definition) is 2. The number of hydrogen-bond donors (Lipinski definition) is 0. The molecule has 0 aliphatic heterocycles. The molecule has 0 fully saturated rings. The Hall–Kier alpha value is -1.00. The van der Waals surface area contributed by atoms with Gasteiger partial charge in [0.25, 0.3) is 0 Å². The molecule has 0 aliphatic rings. The van der Waals surface area contributed by atoms with Crippen LogP contribution < -0.4 is 0 Å². The van der Waals surface area contributed by atoms with E-state index in [1.54, 1.807) is 6.92 Å². The van der Waals surface area contributed by atoms with Gasteiger partial charge in [-0.05, 0) is 38.5 Å². The first-order valence-electron chi connectivity index (χ1n) is 8.09. The molecule has 0 aromatic heterocycles. The van der Waals surface area contributed by atoms with E-state index >= 15 is 0 Å². The molecule has 0 aromatic rings. The van der Waals surface area contributed by atoms with Crippen LogP contribution in [-0.4, -0.2) is 18.8 Å². The van der Waals surface area contributed by atoms with Crippen LogP contribution in [0.15, 0.2) is 12.2 Å². The lowest BCUT2D eigenvalue weighted by Crippen LogP contribution is -2.28. The topological polar surface area (TPSA) is 26.3 Å². The summed E-state index contributed by atoms with van der Waals surface area (Å²) in [4.78, 5) is 11.2. The van der Waals surface area contributed by atoms with Crippen molar-refractivity contribution >= 4 is 5.97 Å². The zero-order valence-corrected chi connectivity index (χ0v) is 14.0. The van der Waals surface area contributed by atoms with Gasteiger partial charge in [-0.3, -0.25) is 0 Å². The van der Waals surface area contributed by atoms with E-state index in [1.165, 1.54) is 6.92 Å². The van der Waals surface area contributed by atoms with Crippen LogP contribution in [0.25, 0.3) is 0 Å². The molecule has 2 nitrogen and oxygen atoms in total. The molecular weight excluding hydrogens is 293 g/mol. The number of carbonyl (C=O) groups is 1. The standard InChI is InChI=1S/C17H29F3O2/c1-5-6-7-10-15(14(4)17(18,19)20)11-8-9-12-22-16(21)13(2)3/h14-15H,2,5-12H2,1,3-4H3. The summed E-state index contributed by atoms with van der Waals surface area (Å²) >= 11 is 0. The smallest absolute Gasteiger partial charge is 0.391 e. The fourth-order valence-corrected chi connectivity index (χ4v) is 2.36. The first-order chi connectivity index (χ1) is 10.2. The third kappa shape index (κ3) is 9.11. The van der Waals surface area contributed by atoms with Crippen molar-refractivity contribution in [2.24, 2.45) is 11.8 Å². The molecule has 5 heteroatoms. The van der Waals surface area contributed by atoms with Crippen LogP contribution in [0.2, 0.25) is 0 Å². The van der Waals surface area contributed by atoms with Crippen molar-refractivity contribution < 1.29 is 22.7 Å². The van der Waals surface area contributed by atoms with Crippen molar-refractivity contribution in [1.29, 1.82) is 0 Å². The lowest BCUT2D eigenvalue weighted by molar-refractivity contribution is -0.185. The highest BCUT2D eigenvalue weighted by molar-refractivity contribution is 5.86. The van der Waals surface area contributed by atoms with Crippen LogP contribution in [0.5, 0.6) is 0 Å². The second-order valence-corrected chi connectivity index (χ2v) is 6.00. The van der Waals surface area contributed by atoms with E-state index in [2.05, 4.69) is 6.58 Å². The number of esters is 1. The fraction of sp³-hybridized carbons (Fsp3) is 0.824. The van der Waals surface area contributed by atoms with Crippen molar-refractivity contribution in [2.75, 3.05) is 6.61 Å². The molecular formula is C17H29F3O2. The van der Waals surface area contributed by atoms with Gasteiger partial charge in [-0.1, -0.05) is 39.7 Å². The first kappa shape index (κ1) is 21.0. The SMILES string of the molecule is C=C(C)C(=O)OCCCCC(CCCCC)C(C)C(F)(F)F. The molecule has 0 rings (SSSR count). The predicted octanol–water partition coefficient (Wildman–Crippen LogP) is 5.67. The van der Waals surface area contributed by atoms with Gasteiger partial charge in [0.15, 0.2) is 0 Å². The van der Waals surface area contributed by atoms with Gasteiger partial charge in [-0.2, -0.15) is 13.2 Å². The molecule has 0 saturated heterocycles. The van der Waals surface area contributed by atoms with Crippen molar-refractivity contribution in [2.45, 2.75) is 71.9 Å². The van der Waals surface area contributed by atoms with Gasteiger partial charge in [0, 0.05) is 5.57 Å². The Morgan fingerprint density at radius 1 is 1.14 bits per heavy atom. The Balaban J connectivity index is 4.18. The van der Waals surface area contributed by atoms with Gasteiger partial charge in [-0.15, -0.1) is 0 Å². The summed E-state index contributed by atoms with van der Waals surface area (Å²) in [6.07, 6.45) is 1.04. The predicted molar refractivity (Wildman–Crippen MR) is 82.5 cm³/mol. The van der Waals surface area contributed by atoms with E-state index in [0.717, 1.165) is 19.3 Å². The number of halogens is 3. The molecule has 0 heterocycles. The molecule has 0 N–H and O–H groups in total. The zero-order chi connectivity index (χ0) is 17.2. The third-order valence-electron chi connectivity index (χ3n) is 3.95. The second-order valence-electron chi connectivity index (χ2n) is 6.00. The highest BCUT2D eigenvalue weighted by Crippen LogP contribution is 2.36. The maximum atomic E-state index is 12.9. The maximum Gasteiger partial charge on any atom is 0.391 e. The highest BCUT2D eigenvalue weighted by Gasteiger charge is 2.40. The Morgan fingerprint density at radius 2 is 1.68 bits per heavy atom. The summed E-state index contributed by atoms with van der Waals surface area (Å²) < 4.78 is 43.6. The van der Waals surface area contributed by atoms with Gasteiger partial charge in [-0.25, -0.2) is 4.79 Å². The zero-order valence-electron chi connectivity index (χ0n) is 14.0. The summed E-state index contributed by atoms with van der Waals surface area (Å²) in [6, 6.07) is 0. The van der Waals surface area contributed by atoms with Crippen molar-refractivity contribution in [3.63, 3.8) is 0 Å². The summed E-state index contributed by atoms with van der Waals surface area (Å²) in [5.74, 6) is -2.06. The molecule has 22 heavy (non-hydrogen) atoms. The Bertz CT molecular complexity index is 337. The van der Waals surface area contributed by atoms with Crippen LogP contribution in [0.4, 0.5) is 13.2 Å². The minimum atomic E-state index is -4.14. The largest absolute Gasteiger partial charge is 0.462 e. The maximum absolute atomic E-state index is 12.9. The van der Waals surface area contributed by atoms with E-state index in [9.17, 15) is 18.0 Å². The quantitative estimate of drug-likeness (QED) is 0.278. The molecule has 2 atom stereocenters. The summed E-state index contributed by atoms with van der Waals surface area (Å²) in [7, 11) is 0. The Kier molecular flexibility index (Phi) is 10.2. The van der Waals surface area contributed by atoms with Crippen LogP contribution in [0.1, 0.15) is 65.7 Å². The minimum absolute atomic E-state index is 0.244. The normalized spacial score (nSPS) is 14.5. The average Bonchev–Trinajstić information content (AvgIpc) is 2.43. The number of carbonyl (C=O) groups excluding carboxylic acids is 1. The molecule has 0 aromatic carbocycles. The van der Waals surface area contributed by atoms with Gasteiger partial charge in [0.05, 0.1) is 12.5 Å². The van der Waals surface area contributed by atoms with E-state index in [1.807, 2.05) is 6.92 Å². The van der Waals surface area contributed by atoms with Crippen molar-refractivity contribution in [1.82, 2.24) is 0 Å². The van der Waals surface area contributed by atoms with E-state index in [0.29, 0.717) is 31.3 Å². The lowest BCUT2D eigenvalue weighted by atomic mass is 9.84. The van der Waals surface area contributed by atoms with Crippen LogP contribution in [-0.2, 0) is 9.53 Å². The van der Waals surface area contributed by atoms with E-state index < -0.39 is 18.1 Å². The molecule has 0 aliphatic carbocycles. The average molecular weight is 322 g/mol. The van der Waals surface area contributed by atoms with Gasteiger partial charge < -0.3 is 4.74 Å². The first-order valence-corrected chi connectivity index (χ1v) is 8.09. The second kappa shape index (κ2) is 10.7. The number of alkyl halides is 3. The third-order valence-corrected chi connectivity index (χ3v) is 3.95. The van der Waals surface area contributed by atoms with Crippen LogP contribution in [0.3, 0.4) is 0 Å². The van der Waals surface area contributed by atoms with Crippen LogP contribution >= 0.6 is 0 Å². The lowest BCUT2D eigenvalue weighted by Gasteiger charge is -2.26. The molecule has 2 unspecified atom stereocenters. The minimum Gasteiger partial charge on any atom is -0.462 e. The molecule has 0 radical (unpaired) electrons. The summed E-state index contributed by atoms with van der Waals surface area (Å²) in [5.41, 5.74) is 0.336. The van der Waals surface area contributed by atoms with Crippen molar-refractivity contribution in [3.8, 4) is 0 Å². The molecule has 0 spiro atoms. The number of unbranched alkanes of at least 4 members (excludes halogenated alkanes) is 3. The van der Waals surface area contributed by atoms with Crippen molar-refractivity contribution in [3.05, 3.63) is 12.2 Å². The monoisotopic (exact) mass is 322 g/mol. The molecule has 130 valence electrons. The highest BCUT2D eigenvalue weighted by atomic mass is 19.4. The molecule has 0 saturated carbocycles. The van der Waals surface area contributed by atoms with Gasteiger partial charge in [0.2, 0.25) is 0 Å². The molecule has 0 amide bonds. The molecule has 0 bridgehead atoms. The van der Waals surface area contributed by atoms with E-state index in [4.69, 9.17) is 4.74 Å². The van der Waals surface area contributed by atoms with Crippen LogP contribution in [0, 0.1) is 11.8 Å². The Labute approximate surface area is 132 Å². The van der Waals surface area contributed by atoms with Gasteiger partial charge >= 0.3 is 12.1 Å². The Morgan fingerprint density at radius 3 is 2.14 bits per heavy atom. The fourth-order valence-electron chi connectivity index (χ4n) is 2.36. The summed E-state index contributed by atoms with van der Waals surface area (Å²) in [6.45, 7) is 8.60. The number of rotatable bonds is 11. The van der Waals surface area contributed by atoms with Gasteiger partial charge in [0.1, 0.15) is 0 Å². The number of ether oxygens (including phenoxy) is 1.